The Labute approximate surface area is 174 Å². The topological polar surface area (TPSA) is 144 Å². The number of nitrogens with zero attached hydrogens (tertiary/aromatic N) is 2. The third kappa shape index (κ3) is 5.01. The largest absolute Gasteiger partial charge is 0.412 e. The molecule has 3 aliphatic heterocycles. The van der Waals surface area contributed by atoms with E-state index in [4.69, 9.17) is 10.1 Å². The van der Waals surface area contributed by atoms with Crippen molar-refractivity contribution in [1.82, 2.24) is 9.88 Å². The first-order valence-electron chi connectivity index (χ1n) is 9.56. The van der Waals surface area contributed by atoms with Crippen LogP contribution < -0.4 is 0 Å². The molecule has 0 spiro atoms. The summed E-state index contributed by atoms with van der Waals surface area (Å²) in [6.07, 6.45) is 5.53. The van der Waals surface area contributed by atoms with Gasteiger partial charge in [-0.2, -0.15) is 0 Å². The lowest BCUT2D eigenvalue weighted by molar-refractivity contribution is -0.456. The van der Waals surface area contributed by atoms with Gasteiger partial charge in [-0.1, -0.05) is 12.1 Å². The van der Waals surface area contributed by atoms with Crippen molar-refractivity contribution in [3.8, 4) is 0 Å². The van der Waals surface area contributed by atoms with E-state index in [-0.39, 0.29) is 24.6 Å². The lowest BCUT2D eigenvalue weighted by Gasteiger charge is -2.50. The minimum Gasteiger partial charge on any atom is -0.412 e. The molecule has 9 nitrogen and oxygen atoms in total. The second-order valence-electron chi connectivity index (χ2n) is 7.37. The summed E-state index contributed by atoms with van der Waals surface area (Å²) >= 11 is 0. The number of benzene rings is 1. The SMILES string of the molecule is C=CC1CN2CCC1C[C@@H]2[C@H](O)c1ccnc2ccc(CO)cc12.O.O=COOO. The third-order valence-electron chi connectivity index (χ3n) is 5.94. The van der Waals surface area contributed by atoms with Crippen molar-refractivity contribution in [1.29, 1.82) is 0 Å². The Morgan fingerprint density at radius 2 is 2.17 bits per heavy atom. The first-order chi connectivity index (χ1) is 14.1. The first kappa shape index (κ1) is 23.9. The summed E-state index contributed by atoms with van der Waals surface area (Å²) in [7, 11) is 0. The minimum absolute atomic E-state index is 0. The van der Waals surface area contributed by atoms with Crippen LogP contribution in [0, 0.1) is 11.8 Å². The van der Waals surface area contributed by atoms with Gasteiger partial charge in [0.15, 0.2) is 0 Å². The lowest BCUT2D eigenvalue weighted by Crippen LogP contribution is -2.54. The summed E-state index contributed by atoms with van der Waals surface area (Å²) in [5.41, 5.74) is 2.63. The van der Waals surface area contributed by atoms with Gasteiger partial charge in [0.2, 0.25) is 0 Å². The highest BCUT2D eigenvalue weighted by atomic mass is 17.5. The maximum absolute atomic E-state index is 11.1. The quantitative estimate of drug-likeness (QED) is 0.275. The van der Waals surface area contributed by atoms with Crippen LogP contribution in [0.15, 0.2) is 43.1 Å². The molecule has 3 saturated heterocycles. The molecule has 5 atom stereocenters. The van der Waals surface area contributed by atoms with Crippen molar-refractivity contribution < 1.29 is 35.7 Å². The van der Waals surface area contributed by atoms with Crippen molar-refractivity contribution in [2.45, 2.75) is 31.6 Å². The molecule has 9 heteroatoms. The summed E-state index contributed by atoms with van der Waals surface area (Å²) in [5, 5.41) is 31.4. The molecule has 0 aliphatic carbocycles. The predicted octanol–water partition coefficient (Wildman–Crippen LogP) is 1.40. The molecular weight excluding hydrogens is 392 g/mol. The maximum Gasteiger partial charge on any atom is 0.334 e. The van der Waals surface area contributed by atoms with E-state index in [2.05, 4.69) is 32.5 Å². The van der Waals surface area contributed by atoms with E-state index in [0.29, 0.717) is 11.8 Å². The highest BCUT2D eigenvalue weighted by Gasteiger charge is 2.42. The fraction of sp³-hybridized carbons (Fsp3) is 0.429. The molecule has 0 radical (unpaired) electrons. The number of carbonyl (C=O) groups excluding carboxylic acids is 1. The van der Waals surface area contributed by atoms with Crippen LogP contribution in [0.1, 0.15) is 30.1 Å². The highest BCUT2D eigenvalue weighted by Crippen LogP contribution is 2.42. The van der Waals surface area contributed by atoms with Gasteiger partial charge in [-0.25, -0.2) is 5.26 Å². The van der Waals surface area contributed by atoms with Crippen molar-refractivity contribution in [3.63, 3.8) is 0 Å². The minimum atomic E-state index is -0.530. The maximum atomic E-state index is 11.1. The van der Waals surface area contributed by atoms with Crippen LogP contribution >= 0.6 is 0 Å². The molecule has 0 saturated carbocycles. The van der Waals surface area contributed by atoms with Gasteiger partial charge in [-0.3, -0.25) is 19.6 Å². The summed E-state index contributed by atoms with van der Waals surface area (Å²) < 4.78 is 0. The Morgan fingerprint density at radius 3 is 2.73 bits per heavy atom. The van der Waals surface area contributed by atoms with Gasteiger partial charge < -0.3 is 15.7 Å². The molecule has 4 heterocycles. The van der Waals surface area contributed by atoms with Crippen LogP contribution in [0.5, 0.6) is 0 Å². The van der Waals surface area contributed by atoms with Gasteiger partial charge in [0.25, 0.3) is 0 Å². The van der Waals surface area contributed by atoms with Crippen LogP contribution in [0.25, 0.3) is 10.9 Å². The third-order valence-corrected chi connectivity index (χ3v) is 5.94. The van der Waals surface area contributed by atoms with Crippen molar-refractivity contribution >= 4 is 17.4 Å². The van der Waals surface area contributed by atoms with Gasteiger partial charge in [0.1, 0.15) is 0 Å². The van der Waals surface area contributed by atoms with Gasteiger partial charge in [0.05, 0.1) is 18.2 Å². The van der Waals surface area contributed by atoms with Crippen LogP contribution in [0.4, 0.5) is 0 Å². The van der Waals surface area contributed by atoms with E-state index in [1.165, 1.54) is 6.42 Å². The Balaban J connectivity index is 0.000000482. The summed E-state index contributed by atoms with van der Waals surface area (Å²) in [6, 6.07) is 7.82. The smallest absolute Gasteiger partial charge is 0.334 e. The highest BCUT2D eigenvalue weighted by molar-refractivity contribution is 5.83. The van der Waals surface area contributed by atoms with Crippen molar-refractivity contribution in [3.05, 3.63) is 54.2 Å². The number of hydrogen-bond donors (Lipinski definition) is 3. The number of aliphatic hydroxyl groups excluding tert-OH is 2. The molecule has 1 aromatic heterocycles. The Kier molecular flexibility index (Phi) is 8.85. The Bertz CT molecular complexity index is 847. The molecule has 3 unspecified atom stereocenters. The standard InChI is InChI=1S/C20H24N2O2.CH2O4.H2O/c1-2-14-11-22-8-6-15(14)10-19(22)20(24)16-5-7-21-18-4-3-13(12-23)9-17(16)18;2-1-4-5-3;/h2-5,7,9,14-15,19-20,23-24H,1,6,8,10-12H2;1,3H;1H2/t14?,15?,19-,20-;;/m1../s1. The van der Waals surface area contributed by atoms with Gasteiger partial charge in [0, 0.05) is 24.2 Å². The molecule has 164 valence electrons. The second-order valence-corrected chi connectivity index (χ2v) is 7.37. The van der Waals surface area contributed by atoms with Crippen LogP contribution in [0.3, 0.4) is 0 Å². The fourth-order valence-corrected chi connectivity index (χ4v) is 4.50. The number of aliphatic hydroxyl groups is 2. The first-order valence-corrected chi connectivity index (χ1v) is 9.56. The normalized spacial score (nSPS) is 25.4. The van der Waals surface area contributed by atoms with Crippen LogP contribution in [-0.2, 0) is 21.3 Å². The number of hydrogen-bond acceptors (Lipinski definition) is 8. The van der Waals surface area contributed by atoms with E-state index in [1.807, 2.05) is 24.3 Å². The zero-order chi connectivity index (χ0) is 20.8. The van der Waals surface area contributed by atoms with Crippen LogP contribution in [0.2, 0.25) is 0 Å². The molecule has 30 heavy (non-hydrogen) atoms. The second kappa shape index (κ2) is 11.1. The average Bonchev–Trinajstić information content (AvgIpc) is 2.78. The van der Waals surface area contributed by atoms with E-state index in [9.17, 15) is 10.2 Å². The number of piperidine rings is 3. The van der Waals surface area contributed by atoms with Gasteiger partial charge >= 0.3 is 6.47 Å². The van der Waals surface area contributed by atoms with E-state index < -0.39 is 6.10 Å². The Hall–Kier alpha value is -2.40. The molecule has 5 rings (SSSR count). The number of rotatable bonds is 6. The summed E-state index contributed by atoms with van der Waals surface area (Å²) in [4.78, 5) is 18.9. The molecule has 3 aliphatic rings. The number of fused-ring (bicyclic) bond motifs is 4. The predicted molar refractivity (Wildman–Crippen MR) is 109 cm³/mol. The zero-order valence-electron chi connectivity index (χ0n) is 16.6. The number of carbonyl (C=O) groups is 1. The van der Waals surface area contributed by atoms with Gasteiger partial charge in [-0.15, -0.1) is 6.58 Å². The van der Waals surface area contributed by atoms with E-state index in [0.717, 1.165) is 41.5 Å². The average molecular weight is 420 g/mol. The van der Waals surface area contributed by atoms with Crippen LogP contribution in [-0.4, -0.2) is 56.4 Å². The molecule has 2 aromatic rings. The fourth-order valence-electron chi connectivity index (χ4n) is 4.50. The molecule has 2 bridgehead atoms. The number of aromatic nitrogens is 1. The van der Waals surface area contributed by atoms with Crippen molar-refractivity contribution in [2.24, 2.45) is 11.8 Å². The summed E-state index contributed by atoms with van der Waals surface area (Å²) in [6.45, 7) is 5.99. The van der Waals surface area contributed by atoms with E-state index >= 15 is 0 Å². The number of pyridine rings is 1. The molecular formula is C21H28N2O7. The molecule has 3 fully saturated rings. The zero-order valence-corrected chi connectivity index (χ0v) is 16.6. The monoisotopic (exact) mass is 420 g/mol. The van der Waals surface area contributed by atoms with Gasteiger partial charge in [-0.05, 0) is 65.6 Å². The molecule has 1 aromatic carbocycles. The summed E-state index contributed by atoms with van der Waals surface area (Å²) in [5.74, 6) is 1.19. The lowest BCUT2D eigenvalue weighted by atomic mass is 9.73. The Morgan fingerprint density at radius 1 is 1.37 bits per heavy atom. The van der Waals surface area contributed by atoms with E-state index in [1.54, 1.807) is 6.20 Å². The molecule has 0 amide bonds. The molecule has 5 N–H and O–H groups in total. The van der Waals surface area contributed by atoms with Crippen molar-refractivity contribution in [2.75, 3.05) is 13.1 Å².